The van der Waals surface area contributed by atoms with Crippen LogP contribution in [-0.2, 0) is 9.59 Å². The van der Waals surface area contributed by atoms with E-state index >= 15 is 0 Å². The molecular formula is C27H29ClN6O5. The number of pyridine rings is 2. The van der Waals surface area contributed by atoms with Gasteiger partial charge in [-0.1, -0.05) is 11.6 Å². The van der Waals surface area contributed by atoms with Gasteiger partial charge in [0.15, 0.2) is 5.58 Å². The smallest absolute Gasteiger partial charge is 0.294 e. The van der Waals surface area contributed by atoms with Crippen LogP contribution in [0.3, 0.4) is 0 Å². The van der Waals surface area contributed by atoms with Crippen molar-refractivity contribution in [1.29, 1.82) is 0 Å². The Morgan fingerprint density at radius 2 is 1.85 bits per heavy atom. The van der Waals surface area contributed by atoms with E-state index in [1.54, 1.807) is 20.2 Å². The van der Waals surface area contributed by atoms with Crippen LogP contribution in [0.5, 0.6) is 0 Å². The second kappa shape index (κ2) is 11.0. The van der Waals surface area contributed by atoms with Gasteiger partial charge in [-0.2, -0.15) is 0 Å². The summed E-state index contributed by atoms with van der Waals surface area (Å²) in [5, 5.41) is 5.93. The van der Waals surface area contributed by atoms with Crippen molar-refractivity contribution in [2.75, 3.05) is 31.3 Å². The van der Waals surface area contributed by atoms with Crippen LogP contribution < -0.4 is 10.6 Å². The minimum atomic E-state index is -0.644. The van der Waals surface area contributed by atoms with Crippen molar-refractivity contribution in [3.8, 4) is 0 Å². The predicted octanol–water partition coefficient (Wildman–Crippen LogP) is 3.95. The summed E-state index contributed by atoms with van der Waals surface area (Å²) in [4.78, 5) is 63.0. The van der Waals surface area contributed by atoms with E-state index in [4.69, 9.17) is 16.0 Å². The number of nitrogens with zero attached hydrogens (tertiary/aromatic N) is 4. The van der Waals surface area contributed by atoms with Crippen molar-refractivity contribution in [3.05, 3.63) is 46.9 Å². The number of likely N-dealkylation sites (tertiary alicyclic amines) is 1. The molecule has 5 rings (SSSR count). The molecule has 0 aromatic carbocycles. The number of hydrogen-bond acceptors (Lipinski definition) is 7. The number of anilines is 2. The first-order chi connectivity index (χ1) is 18.7. The molecule has 1 saturated heterocycles. The van der Waals surface area contributed by atoms with Gasteiger partial charge >= 0.3 is 0 Å². The lowest BCUT2D eigenvalue weighted by Crippen LogP contribution is -2.40. The Morgan fingerprint density at radius 3 is 2.49 bits per heavy atom. The monoisotopic (exact) mass is 552 g/mol. The fourth-order valence-corrected chi connectivity index (χ4v) is 5.29. The Labute approximate surface area is 229 Å². The summed E-state index contributed by atoms with van der Waals surface area (Å²) in [7, 11) is 3.24. The van der Waals surface area contributed by atoms with Gasteiger partial charge in [0.1, 0.15) is 17.0 Å². The molecule has 3 aromatic rings. The molecule has 3 aromatic heterocycles. The number of hydrogen-bond donors (Lipinski definition) is 2. The largest absolute Gasteiger partial charge is 0.447 e. The normalized spacial score (nSPS) is 19.3. The van der Waals surface area contributed by atoms with Gasteiger partial charge in [0, 0.05) is 51.4 Å². The zero-order chi connectivity index (χ0) is 27.7. The van der Waals surface area contributed by atoms with Gasteiger partial charge in [-0.15, -0.1) is 0 Å². The molecule has 0 bridgehead atoms. The van der Waals surface area contributed by atoms with Crippen LogP contribution in [0.1, 0.15) is 59.4 Å². The zero-order valence-electron chi connectivity index (χ0n) is 21.7. The van der Waals surface area contributed by atoms with Gasteiger partial charge < -0.3 is 24.9 Å². The molecule has 4 heterocycles. The lowest BCUT2D eigenvalue weighted by molar-refractivity contribution is -0.130. The molecule has 0 spiro atoms. The van der Waals surface area contributed by atoms with E-state index in [1.165, 1.54) is 29.4 Å². The van der Waals surface area contributed by atoms with E-state index in [0.29, 0.717) is 24.3 Å². The molecule has 0 radical (unpaired) electrons. The Kier molecular flexibility index (Phi) is 7.51. The summed E-state index contributed by atoms with van der Waals surface area (Å²) in [6.45, 7) is 0.784. The van der Waals surface area contributed by atoms with Crippen LogP contribution in [0.15, 0.2) is 35.0 Å². The maximum absolute atomic E-state index is 13.4. The molecule has 1 aliphatic carbocycles. The molecular weight excluding hydrogens is 524 g/mol. The van der Waals surface area contributed by atoms with E-state index in [-0.39, 0.29) is 63.6 Å². The molecule has 2 aliphatic rings. The quantitative estimate of drug-likeness (QED) is 0.472. The molecule has 1 saturated carbocycles. The Balaban J connectivity index is 1.39. The number of rotatable bonds is 6. The fourth-order valence-electron chi connectivity index (χ4n) is 5.18. The molecule has 204 valence electrons. The molecule has 0 unspecified atom stereocenters. The van der Waals surface area contributed by atoms with Crippen molar-refractivity contribution >= 4 is 57.8 Å². The highest BCUT2D eigenvalue weighted by Crippen LogP contribution is 2.34. The second-order valence-corrected chi connectivity index (χ2v) is 10.5. The third-order valence-electron chi connectivity index (χ3n) is 7.22. The van der Waals surface area contributed by atoms with E-state index in [0.717, 1.165) is 25.8 Å². The predicted molar refractivity (Wildman–Crippen MR) is 145 cm³/mol. The minimum Gasteiger partial charge on any atom is -0.447 e. The average molecular weight is 553 g/mol. The van der Waals surface area contributed by atoms with Crippen molar-refractivity contribution in [2.45, 2.75) is 44.6 Å². The van der Waals surface area contributed by atoms with E-state index in [9.17, 15) is 19.2 Å². The van der Waals surface area contributed by atoms with Crippen molar-refractivity contribution in [1.82, 2.24) is 19.8 Å². The first kappa shape index (κ1) is 26.6. The molecule has 4 amide bonds. The second-order valence-electron chi connectivity index (χ2n) is 10.1. The number of furan rings is 1. The fraction of sp³-hybridized carbons (Fsp3) is 0.407. The highest BCUT2D eigenvalue weighted by molar-refractivity contribution is 6.30. The first-order valence-corrected chi connectivity index (χ1v) is 13.3. The zero-order valence-corrected chi connectivity index (χ0v) is 22.5. The Bertz CT molecular complexity index is 1430. The average Bonchev–Trinajstić information content (AvgIpc) is 3.52. The number of amides is 4. The van der Waals surface area contributed by atoms with Crippen molar-refractivity contribution in [3.63, 3.8) is 0 Å². The van der Waals surface area contributed by atoms with Gasteiger partial charge in [-0.3, -0.25) is 19.2 Å². The molecule has 11 nitrogen and oxygen atoms in total. The molecule has 0 atom stereocenters. The lowest BCUT2D eigenvalue weighted by Gasteiger charge is -2.34. The molecule has 2 fully saturated rings. The van der Waals surface area contributed by atoms with Crippen LogP contribution in [0, 0.1) is 5.92 Å². The number of fused-ring (bicyclic) bond motifs is 1. The third kappa shape index (κ3) is 5.58. The summed E-state index contributed by atoms with van der Waals surface area (Å²) in [6, 6.07) is 4.78. The van der Waals surface area contributed by atoms with Crippen LogP contribution in [0.25, 0.3) is 11.1 Å². The summed E-state index contributed by atoms with van der Waals surface area (Å²) < 4.78 is 5.85. The van der Waals surface area contributed by atoms with Gasteiger partial charge in [0.05, 0.1) is 10.6 Å². The Hall–Kier alpha value is -3.99. The maximum atomic E-state index is 13.4. The van der Waals surface area contributed by atoms with Crippen molar-refractivity contribution in [2.24, 2.45) is 5.92 Å². The number of carbonyl (C=O) groups is 4. The van der Waals surface area contributed by atoms with Gasteiger partial charge in [-0.05, 0) is 50.3 Å². The Morgan fingerprint density at radius 1 is 1.08 bits per heavy atom. The number of aromatic nitrogens is 2. The van der Waals surface area contributed by atoms with Crippen molar-refractivity contribution < 1.29 is 23.6 Å². The summed E-state index contributed by atoms with van der Waals surface area (Å²) >= 11 is 5.89. The SMILES string of the molecule is CN(C)C(=O)c1cnc2c(NC(=O)C3CCC(N4CCCC4=O)CC3)c(C(=O)Nc3ccc(Cl)cn3)oc2c1. The molecule has 1 aliphatic heterocycles. The van der Waals surface area contributed by atoms with Gasteiger partial charge in [-0.25, -0.2) is 9.97 Å². The molecule has 2 N–H and O–H groups in total. The third-order valence-corrected chi connectivity index (χ3v) is 7.45. The number of nitrogens with one attached hydrogen (secondary N) is 2. The topological polar surface area (TPSA) is 138 Å². The minimum absolute atomic E-state index is 0.127. The van der Waals surface area contributed by atoms with Crippen LogP contribution in [-0.4, -0.2) is 70.1 Å². The summed E-state index contributed by atoms with van der Waals surface area (Å²) in [6.07, 6.45) is 7.01. The lowest BCUT2D eigenvalue weighted by atomic mass is 9.84. The number of halogens is 1. The highest BCUT2D eigenvalue weighted by atomic mass is 35.5. The number of carbonyl (C=O) groups excluding carboxylic acids is 4. The van der Waals surface area contributed by atoms with Crippen LogP contribution >= 0.6 is 11.6 Å². The highest BCUT2D eigenvalue weighted by Gasteiger charge is 2.34. The van der Waals surface area contributed by atoms with E-state index in [1.807, 2.05) is 4.90 Å². The molecule has 39 heavy (non-hydrogen) atoms. The van der Waals surface area contributed by atoms with Gasteiger partial charge in [0.25, 0.3) is 11.8 Å². The molecule has 12 heteroatoms. The summed E-state index contributed by atoms with van der Waals surface area (Å²) in [5.74, 6) is -1.19. The van der Waals surface area contributed by atoms with E-state index < -0.39 is 5.91 Å². The van der Waals surface area contributed by atoms with Crippen LogP contribution in [0.2, 0.25) is 5.02 Å². The van der Waals surface area contributed by atoms with Gasteiger partial charge in [0.2, 0.25) is 17.6 Å². The maximum Gasteiger partial charge on any atom is 0.294 e. The van der Waals surface area contributed by atoms with E-state index in [2.05, 4.69) is 20.6 Å². The van der Waals surface area contributed by atoms with Crippen LogP contribution in [0.4, 0.5) is 11.5 Å². The summed E-state index contributed by atoms with van der Waals surface area (Å²) in [5.41, 5.74) is 0.843. The first-order valence-electron chi connectivity index (χ1n) is 12.9. The standard InChI is InChI=1S/C27H29ClN6O5/c1-33(2)27(38)16-12-19-22(30-13-16)23(24(39-19)26(37)31-20-10-7-17(28)14-29-20)32-25(36)15-5-8-18(9-6-15)34-11-3-4-21(34)35/h7,10,12-15,18H,3-6,8-9,11H2,1-2H3,(H,32,36)(H,29,31,37).